The third-order valence-electron chi connectivity index (χ3n) is 5.53. The lowest BCUT2D eigenvalue weighted by molar-refractivity contribution is 0.412. The number of nitrogen functional groups attached to an aromatic ring is 1. The lowest BCUT2D eigenvalue weighted by atomic mass is 9.87. The first-order chi connectivity index (χ1) is 14.6. The van der Waals surface area contributed by atoms with Crippen molar-refractivity contribution in [3.05, 3.63) is 52.9 Å². The summed E-state index contributed by atoms with van der Waals surface area (Å²) >= 11 is 5.33. The summed E-state index contributed by atoms with van der Waals surface area (Å²) in [6.45, 7) is 8.03. The fourth-order valence-electron chi connectivity index (χ4n) is 3.89. The van der Waals surface area contributed by atoms with Gasteiger partial charge in [-0.25, -0.2) is 4.39 Å². The Morgan fingerprint density at radius 1 is 1.26 bits per heavy atom. The summed E-state index contributed by atoms with van der Waals surface area (Å²) in [4.78, 5) is 0. The smallest absolute Gasteiger partial charge is 0.165 e. The van der Waals surface area contributed by atoms with E-state index >= 15 is 0 Å². The molecular weight excluding hydrogens is 433 g/mol. The van der Waals surface area contributed by atoms with E-state index in [-0.39, 0.29) is 16.1 Å². The van der Waals surface area contributed by atoms with E-state index in [1.807, 2.05) is 6.07 Å². The maximum atomic E-state index is 14.3. The van der Waals surface area contributed by atoms with Crippen LogP contribution in [0.1, 0.15) is 39.2 Å². The van der Waals surface area contributed by atoms with Crippen LogP contribution in [0.5, 0.6) is 0 Å². The lowest BCUT2D eigenvalue weighted by Gasteiger charge is -2.17. The van der Waals surface area contributed by atoms with E-state index in [0.29, 0.717) is 17.4 Å². The van der Waals surface area contributed by atoms with Crippen molar-refractivity contribution < 1.29 is 8.94 Å². The molecule has 0 saturated heterocycles. The molecule has 1 aliphatic carbocycles. The van der Waals surface area contributed by atoms with Crippen LogP contribution in [0, 0.1) is 11.2 Å². The van der Waals surface area contributed by atoms with Gasteiger partial charge >= 0.3 is 0 Å². The van der Waals surface area contributed by atoms with Gasteiger partial charge in [-0.05, 0) is 41.2 Å². The van der Waals surface area contributed by atoms with Crippen LogP contribution in [-0.2, 0) is 24.3 Å². The highest BCUT2D eigenvalue weighted by molar-refractivity contribution is 7.90. The van der Waals surface area contributed by atoms with Gasteiger partial charge in [0.1, 0.15) is 5.25 Å². The second-order valence-electron chi connectivity index (χ2n) is 9.54. The van der Waals surface area contributed by atoms with Crippen molar-refractivity contribution in [1.29, 1.82) is 0 Å². The van der Waals surface area contributed by atoms with Crippen molar-refractivity contribution in [1.82, 2.24) is 9.29 Å². The Kier molecular flexibility index (Phi) is 6.28. The summed E-state index contributed by atoms with van der Waals surface area (Å²) in [5, 5.41) is 1.50. The topological polar surface area (TPSA) is 66.0 Å². The van der Waals surface area contributed by atoms with Crippen LogP contribution < -0.4 is 10.5 Å². The quantitative estimate of drug-likeness (QED) is 0.351. The first kappa shape index (κ1) is 22.5. The van der Waals surface area contributed by atoms with Crippen LogP contribution in [0.3, 0.4) is 0 Å². The van der Waals surface area contributed by atoms with Gasteiger partial charge in [0.05, 0.1) is 17.3 Å². The first-order valence-corrected chi connectivity index (χ1v) is 12.2. The Hall–Kier alpha value is -1.73. The number of hydrogen-bond acceptors (Lipinski definition) is 3. The number of nitrogens with two attached hydrogens (primary N) is 1. The fourth-order valence-corrected chi connectivity index (χ4v) is 5.26. The summed E-state index contributed by atoms with van der Waals surface area (Å²) in [5.41, 5.74) is 9.65. The van der Waals surface area contributed by atoms with Gasteiger partial charge in [-0.3, -0.25) is 0 Å². The molecule has 4 nitrogen and oxygen atoms in total. The zero-order chi connectivity index (χ0) is 22.3. The minimum atomic E-state index is -0.936. The highest BCUT2D eigenvalue weighted by Crippen LogP contribution is 2.36. The largest absolute Gasteiger partial charge is 0.598 e. The molecule has 1 saturated carbocycles. The molecular formula is C24H29ClFN3OS. The number of nitrogens with zero attached hydrogens (tertiary/aromatic N) is 1. The van der Waals surface area contributed by atoms with Crippen molar-refractivity contribution in [2.24, 2.45) is 5.41 Å². The minimum Gasteiger partial charge on any atom is -0.598 e. The molecule has 0 radical (unpaired) electrons. The maximum absolute atomic E-state index is 14.3. The number of hydrogen-bond donors (Lipinski definition) is 2. The van der Waals surface area contributed by atoms with Gasteiger partial charge in [0.25, 0.3) is 0 Å². The molecule has 0 spiro atoms. The molecule has 4 rings (SSSR count). The number of anilines is 1. The molecule has 7 heteroatoms. The third-order valence-corrected chi connectivity index (χ3v) is 7.47. The van der Waals surface area contributed by atoms with Crippen molar-refractivity contribution in [2.75, 3.05) is 12.3 Å². The van der Waals surface area contributed by atoms with Gasteiger partial charge in [-0.1, -0.05) is 44.5 Å². The molecule has 1 aromatic heterocycles. The Bertz CT molecular complexity index is 1100. The number of rotatable bonds is 7. The average molecular weight is 462 g/mol. The Morgan fingerprint density at radius 3 is 2.68 bits per heavy atom. The van der Waals surface area contributed by atoms with Crippen molar-refractivity contribution in [2.45, 2.75) is 51.8 Å². The van der Waals surface area contributed by atoms with Crippen molar-refractivity contribution in [3.63, 3.8) is 0 Å². The van der Waals surface area contributed by atoms with E-state index in [4.69, 9.17) is 17.3 Å². The average Bonchev–Trinajstić information content (AvgIpc) is 3.50. The molecule has 3 N–H and O–H groups in total. The summed E-state index contributed by atoms with van der Waals surface area (Å²) < 4.78 is 31.7. The first-order valence-electron chi connectivity index (χ1n) is 10.6. The molecule has 1 unspecified atom stereocenters. The number of nitrogens with one attached hydrogen (secondary N) is 1. The maximum Gasteiger partial charge on any atom is 0.165 e. The Balaban J connectivity index is 1.69. The molecule has 1 atom stereocenters. The van der Waals surface area contributed by atoms with E-state index in [1.54, 1.807) is 12.1 Å². The lowest BCUT2D eigenvalue weighted by Crippen LogP contribution is -2.30. The zero-order valence-electron chi connectivity index (χ0n) is 18.2. The normalized spacial score (nSPS) is 15.5. The van der Waals surface area contributed by atoms with Crippen molar-refractivity contribution >= 4 is 39.6 Å². The van der Waals surface area contributed by atoms with E-state index in [0.717, 1.165) is 42.3 Å². The third kappa shape index (κ3) is 5.03. The van der Waals surface area contributed by atoms with Crippen LogP contribution in [-0.4, -0.2) is 20.9 Å². The molecule has 1 aliphatic rings. The van der Waals surface area contributed by atoms with Crippen molar-refractivity contribution in [3.8, 4) is 11.1 Å². The molecule has 2 aromatic carbocycles. The SMILES string of the molecule is CC(C)(C)Cc1cn(CCN[S+]([O-])C2CC2)c2ccc(-c3ccc(N)c(F)c3Cl)cc12. The van der Waals surface area contributed by atoms with E-state index in [1.165, 1.54) is 5.56 Å². The van der Waals surface area contributed by atoms with Crippen LogP contribution >= 0.6 is 11.6 Å². The number of benzene rings is 2. The molecule has 1 heterocycles. The van der Waals surface area contributed by atoms with Gasteiger partial charge < -0.3 is 14.9 Å². The highest BCUT2D eigenvalue weighted by Gasteiger charge is 2.34. The van der Waals surface area contributed by atoms with Gasteiger partial charge in [0, 0.05) is 53.4 Å². The van der Waals surface area contributed by atoms with Crippen LogP contribution in [0.15, 0.2) is 36.5 Å². The van der Waals surface area contributed by atoms with Crippen LogP contribution in [0.2, 0.25) is 5.02 Å². The fraction of sp³-hybridized carbons (Fsp3) is 0.417. The monoisotopic (exact) mass is 461 g/mol. The Morgan fingerprint density at radius 2 is 2.00 bits per heavy atom. The van der Waals surface area contributed by atoms with E-state index < -0.39 is 17.2 Å². The number of fused-ring (bicyclic) bond motifs is 1. The molecule has 3 aromatic rings. The zero-order valence-corrected chi connectivity index (χ0v) is 19.7. The van der Waals surface area contributed by atoms with Gasteiger partial charge in [-0.15, -0.1) is 4.72 Å². The van der Waals surface area contributed by atoms with Gasteiger partial charge in [-0.2, -0.15) is 0 Å². The minimum absolute atomic E-state index is 0.0444. The molecule has 31 heavy (non-hydrogen) atoms. The summed E-state index contributed by atoms with van der Waals surface area (Å²) in [6.07, 6.45) is 5.20. The number of halogens is 2. The van der Waals surface area contributed by atoms with Gasteiger partial charge in [0.15, 0.2) is 5.82 Å². The second-order valence-corrected chi connectivity index (χ2v) is 11.5. The summed E-state index contributed by atoms with van der Waals surface area (Å²) in [5.74, 6) is -0.582. The summed E-state index contributed by atoms with van der Waals surface area (Å²) in [6, 6.07) is 9.41. The predicted octanol–water partition coefficient (Wildman–Crippen LogP) is 5.69. The summed E-state index contributed by atoms with van der Waals surface area (Å²) in [7, 11) is 0. The van der Waals surface area contributed by atoms with Crippen LogP contribution in [0.25, 0.3) is 22.0 Å². The standard InChI is InChI=1S/C24H29ClFN3OS/c1-24(2,3)13-16-14-29(11-10-28-31(30)17-5-6-17)21-9-4-15(12-19(16)21)18-7-8-20(27)23(26)22(18)25/h4,7-9,12,14,17,28H,5-6,10-11,13,27H2,1-3H3. The molecule has 166 valence electrons. The number of aromatic nitrogens is 1. The predicted molar refractivity (Wildman–Crippen MR) is 129 cm³/mol. The molecule has 0 aliphatic heterocycles. The Labute approximate surface area is 191 Å². The van der Waals surface area contributed by atoms with Gasteiger partial charge in [0.2, 0.25) is 0 Å². The second kappa shape index (κ2) is 8.66. The molecule has 0 amide bonds. The molecule has 0 bridgehead atoms. The molecule has 1 fully saturated rings. The van der Waals surface area contributed by atoms with E-state index in [9.17, 15) is 8.94 Å². The van der Waals surface area contributed by atoms with Crippen LogP contribution in [0.4, 0.5) is 10.1 Å². The van der Waals surface area contributed by atoms with E-state index in [2.05, 4.69) is 48.4 Å². The highest BCUT2D eigenvalue weighted by atomic mass is 35.5.